The molecule has 0 saturated heterocycles. The Morgan fingerprint density at radius 2 is 1.67 bits per heavy atom. The number of anilines is 1. The monoisotopic (exact) mass is 442 g/mol. The average Bonchev–Trinajstić information content (AvgIpc) is 2.65. The summed E-state index contributed by atoms with van der Waals surface area (Å²) >= 11 is 0. The number of halogens is 3. The van der Waals surface area contributed by atoms with Gasteiger partial charge < -0.3 is 5.32 Å². The molecule has 1 amide bonds. The quantitative estimate of drug-likeness (QED) is 0.693. The minimum Gasteiger partial charge on any atom is -0.352 e. The topological polar surface area (TPSA) is 66.5 Å². The van der Waals surface area contributed by atoms with Crippen LogP contribution in [0.25, 0.3) is 0 Å². The highest BCUT2D eigenvalue weighted by atomic mass is 32.2. The van der Waals surface area contributed by atoms with Gasteiger partial charge in [-0.1, -0.05) is 37.6 Å². The van der Waals surface area contributed by atoms with Crippen LogP contribution in [0.1, 0.15) is 31.9 Å². The Morgan fingerprint density at radius 1 is 1.07 bits per heavy atom. The van der Waals surface area contributed by atoms with Crippen molar-refractivity contribution in [1.29, 1.82) is 0 Å². The smallest absolute Gasteiger partial charge is 0.352 e. The predicted molar refractivity (Wildman–Crippen MR) is 110 cm³/mol. The number of benzene rings is 2. The summed E-state index contributed by atoms with van der Waals surface area (Å²) in [5.74, 6) is -0.506. The van der Waals surface area contributed by atoms with Crippen molar-refractivity contribution in [3.05, 3.63) is 59.7 Å². The van der Waals surface area contributed by atoms with E-state index in [2.05, 4.69) is 5.32 Å². The Bertz CT molecular complexity index is 987. The van der Waals surface area contributed by atoms with Crippen molar-refractivity contribution in [2.75, 3.05) is 10.8 Å². The predicted octanol–water partition coefficient (Wildman–Crippen LogP) is 4.37. The molecule has 0 aliphatic carbocycles. The van der Waals surface area contributed by atoms with Gasteiger partial charge in [-0.05, 0) is 50.1 Å². The van der Waals surface area contributed by atoms with Gasteiger partial charge in [-0.25, -0.2) is 8.42 Å². The second-order valence-corrected chi connectivity index (χ2v) is 9.34. The molecule has 0 fully saturated rings. The van der Waals surface area contributed by atoms with Crippen LogP contribution in [0.2, 0.25) is 0 Å². The van der Waals surface area contributed by atoms with E-state index in [9.17, 15) is 26.4 Å². The maximum atomic E-state index is 13.2. The summed E-state index contributed by atoms with van der Waals surface area (Å²) < 4.78 is 66.7. The van der Waals surface area contributed by atoms with Gasteiger partial charge in [0.05, 0.1) is 16.1 Å². The molecule has 0 aliphatic rings. The van der Waals surface area contributed by atoms with Gasteiger partial charge in [0.25, 0.3) is 10.0 Å². The van der Waals surface area contributed by atoms with Gasteiger partial charge in [0.1, 0.15) is 6.54 Å². The summed E-state index contributed by atoms with van der Waals surface area (Å²) in [5, 5.41) is 2.69. The van der Waals surface area contributed by atoms with E-state index < -0.39 is 34.2 Å². The first-order chi connectivity index (χ1) is 13.8. The second-order valence-electron chi connectivity index (χ2n) is 7.47. The minimum absolute atomic E-state index is 0.102. The van der Waals surface area contributed by atoms with Gasteiger partial charge in [0.15, 0.2) is 0 Å². The normalized spacial score (nSPS) is 13.2. The Labute approximate surface area is 175 Å². The first kappa shape index (κ1) is 23.7. The molecule has 0 heterocycles. The average molecular weight is 443 g/mol. The van der Waals surface area contributed by atoms with E-state index >= 15 is 0 Å². The molecule has 2 rings (SSSR count). The summed E-state index contributed by atoms with van der Waals surface area (Å²) in [6.45, 7) is 6.68. The number of aryl methyl sites for hydroxylation is 1. The molecule has 0 radical (unpaired) electrons. The summed E-state index contributed by atoms with van der Waals surface area (Å²) in [7, 11) is -4.28. The molecule has 9 heteroatoms. The van der Waals surface area contributed by atoms with Crippen molar-refractivity contribution in [3.63, 3.8) is 0 Å². The van der Waals surface area contributed by atoms with Crippen LogP contribution < -0.4 is 9.62 Å². The van der Waals surface area contributed by atoms with E-state index in [1.54, 1.807) is 26.0 Å². The molecular weight excluding hydrogens is 417 g/mol. The molecule has 1 unspecified atom stereocenters. The lowest BCUT2D eigenvalue weighted by atomic mass is 10.1. The number of sulfonamides is 1. The van der Waals surface area contributed by atoms with Crippen LogP contribution in [0.3, 0.4) is 0 Å². The fourth-order valence-corrected chi connectivity index (χ4v) is 4.00. The molecule has 30 heavy (non-hydrogen) atoms. The van der Waals surface area contributed by atoms with Crippen molar-refractivity contribution in [1.82, 2.24) is 5.32 Å². The van der Waals surface area contributed by atoms with Crippen LogP contribution in [0.4, 0.5) is 18.9 Å². The maximum absolute atomic E-state index is 13.2. The largest absolute Gasteiger partial charge is 0.416 e. The van der Waals surface area contributed by atoms with Crippen molar-refractivity contribution >= 4 is 21.6 Å². The summed E-state index contributed by atoms with van der Waals surface area (Å²) in [4.78, 5) is 12.4. The molecule has 0 saturated carbocycles. The maximum Gasteiger partial charge on any atom is 0.416 e. The zero-order valence-corrected chi connectivity index (χ0v) is 18.0. The van der Waals surface area contributed by atoms with Crippen LogP contribution in [-0.4, -0.2) is 26.9 Å². The van der Waals surface area contributed by atoms with Gasteiger partial charge in [-0.2, -0.15) is 13.2 Å². The Morgan fingerprint density at radius 3 is 2.20 bits per heavy atom. The SMILES string of the molecule is Cc1ccc(S(=O)(=O)N(CC(=O)NC(C)C(C)C)c2cccc(C(F)(F)F)c2)cc1. The molecule has 1 atom stereocenters. The first-order valence-electron chi connectivity index (χ1n) is 9.38. The highest BCUT2D eigenvalue weighted by molar-refractivity contribution is 7.92. The lowest BCUT2D eigenvalue weighted by molar-refractivity contribution is -0.137. The van der Waals surface area contributed by atoms with Crippen molar-refractivity contribution in [2.45, 2.75) is 44.8 Å². The van der Waals surface area contributed by atoms with Crippen LogP contribution in [-0.2, 0) is 21.0 Å². The summed E-state index contributed by atoms with van der Waals surface area (Å²) in [6, 6.07) is 9.58. The van der Waals surface area contributed by atoms with Gasteiger partial charge >= 0.3 is 6.18 Å². The first-order valence-corrected chi connectivity index (χ1v) is 10.8. The molecule has 164 valence electrons. The number of hydrogen-bond donors (Lipinski definition) is 1. The number of carbonyl (C=O) groups excluding carboxylic acids is 1. The Hall–Kier alpha value is -2.55. The Balaban J connectivity index is 2.50. The third-order valence-electron chi connectivity index (χ3n) is 4.75. The summed E-state index contributed by atoms with van der Waals surface area (Å²) in [6.07, 6.45) is -4.65. The van der Waals surface area contributed by atoms with E-state index in [0.717, 1.165) is 23.8 Å². The number of nitrogens with zero attached hydrogens (tertiary/aromatic N) is 1. The van der Waals surface area contributed by atoms with E-state index in [1.807, 2.05) is 13.8 Å². The molecule has 2 aromatic rings. The number of hydrogen-bond acceptors (Lipinski definition) is 3. The molecule has 5 nitrogen and oxygen atoms in total. The number of amides is 1. The van der Waals surface area contributed by atoms with Crippen LogP contribution in [0.5, 0.6) is 0 Å². The van der Waals surface area contributed by atoms with Crippen molar-refractivity contribution in [2.24, 2.45) is 5.92 Å². The number of rotatable bonds is 7. The molecule has 0 aromatic heterocycles. The number of carbonyl (C=O) groups is 1. The third-order valence-corrected chi connectivity index (χ3v) is 6.53. The standard InChI is InChI=1S/C21H25F3N2O3S/c1-14(2)16(4)25-20(27)13-26(18-7-5-6-17(12-18)21(22,23)24)30(28,29)19-10-8-15(3)9-11-19/h5-12,14,16H,13H2,1-4H3,(H,25,27). The third kappa shape index (κ3) is 5.75. The van der Waals surface area contributed by atoms with Gasteiger partial charge in [0, 0.05) is 6.04 Å². The van der Waals surface area contributed by atoms with Gasteiger partial charge in [-0.3, -0.25) is 9.10 Å². The Kier molecular flexibility index (Phi) is 7.18. The van der Waals surface area contributed by atoms with Crippen LogP contribution in [0, 0.1) is 12.8 Å². The molecule has 0 spiro atoms. The van der Waals surface area contributed by atoms with Gasteiger partial charge in [-0.15, -0.1) is 0 Å². The second kappa shape index (κ2) is 9.07. The molecular formula is C21H25F3N2O3S. The van der Waals surface area contributed by atoms with E-state index in [4.69, 9.17) is 0 Å². The zero-order chi connectivity index (χ0) is 22.7. The minimum atomic E-state index is -4.65. The van der Waals surface area contributed by atoms with E-state index in [1.165, 1.54) is 18.2 Å². The number of alkyl halides is 3. The highest BCUT2D eigenvalue weighted by Crippen LogP contribution is 2.33. The molecule has 2 aromatic carbocycles. The molecule has 1 N–H and O–H groups in total. The highest BCUT2D eigenvalue weighted by Gasteiger charge is 2.33. The lowest BCUT2D eigenvalue weighted by Gasteiger charge is -2.26. The van der Waals surface area contributed by atoms with Crippen LogP contribution in [0.15, 0.2) is 53.4 Å². The molecule has 0 aliphatic heterocycles. The van der Waals surface area contributed by atoms with Crippen molar-refractivity contribution in [3.8, 4) is 0 Å². The van der Waals surface area contributed by atoms with E-state index in [-0.39, 0.29) is 22.5 Å². The zero-order valence-electron chi connectivity index (χ0n) is 17.2. The number of nitrogens with one attached hydrogen (secondary N) is 1. The lowest BCUT2D eigenvalue weighted by Crippen LogP contribution is -2.45. The van der Waals surface area contributed by atoms with Crippen molar-refractivity contribution < 1.29 is 26.4 Å². The van der Waals surface area contributed by atoms with Gasteiger partial charge in [0.2, 0.25) is 5.91 Å². The summed E-state index contributed by atoms with van der Waals surface area (Å²) in [5.41, 5.74) is -0.416. The fraction of sp³-hybridized carbons (Fsp3) is 0.381. The van der Waals surface area contributed by atoms with E-state index in [0.29, 0.717) is 4.31 Å². The molecule has 0 bridgehead atoms. The fourth-order valence-electron chi connectivity index (χ4n) is 2.59. The van der Waals surface area contributed by atoms with Crippen LogP contribution >= 0.6 is 0 Å².